The van der Waals surface area contributed by atoms with Gasteiger partial charge in [-0.15, -0.1) is 11.8 Å². The van der Waals surface area contributed by atoms with Crippen LogP contribution in [0, 0.1) is 5.92 Å². The van der Waals surface area contributed by atoms with Gasteiger partial charge in [-0.2, -0.15) is 0 Å². The average molecular weight is 318 g/mol. The van der Waals surface area contributed by atoms with Crippen LogP contribution in [0.5, 0.6) is 0 Å². The maximum Gasteiger partial charge on any atom is 0.391 e. The van der Waals surface area contributed by atoms with Gasteiger partial charge in [0.2, 0.25) is 5.50 Å². The van der Waals surface area contributed by atoms with Crippen molar-refractivity contribution in [2.75, 3.05) is 6.26 Å². The van der Waals surface area contributed by atoms with Crippen molar-refractivity contribution in [3.8, 4) is 0 Å². The first-order chi connectivity index (χ1) is 9.29. The minimum Gasteiger partial charge on any atom is -0.446 e. The fourth-order valence-corrected chi connectivity index (χ4v) is 2.94. The topological polar surface area (TPSA) is 109 Å². The first kappa shape index (κ1) is 17.0. The molecule has 112 valence electrons. The Morgan fingerprint density at radius 1 is 1.55 bits per heavy atom. The highest BCUT2D eigenvalue weighted by Crippen LogP contribution is 2.37. The van der Waals surface area contributed by atoms with Crippen LogP contribution in [0.15, 0.2) is 26.4 Å². The Morgan fingerprint density at radius 3 is 2.60 bits per heavy atom. The normalized spacial score (nSPS) is 14.1. The first-order valence-electron chi connectivity index (χ1n) is 5.97. The second kappa shape index (κ2) is 7.13. The molecule has 20 heavy (non-hydrogen) atoms. The molecule has 6 nitrogen and oxygen atoms in total. The summed E-state index contributed by atoms with van der Waals surface area (Å²) in [6, 6.07) is 2.75. The number of thioether (sulfide) groups is 1. The molecule has 1 aromatic rings. The minimum atomic E-state index is -4.40. The van der Waals surface area contributed by atoms with E-state index in [0.717, 1.165) is 17.7 Å². The molecule has 0 unspecified atom stereocenters. The summed E-state index contributed by atoms with van der Waals surface area (Å²) in [5.74, 6) is 0.715. The van der Waals surface area contributed by atoms with Crippen LogP contribution in [-0.4, -0.2) is 22.4 Å². The number of hydrogen-bond acceptors (Lipinski definition) is 4. The van der Waals surface area contributed by atoms with Gasteiger partial charge in [-0.3, -0.25) is 4.57 Å². The monoisotopic (exact) mass is 318 g/mol. The lowest BCUT2D eigenvalue weighted by Gasteiger charge is -2.10. The fraction of sp³-hybridized carbons (Fsp3) is 0.417. The summed E-state index contributed by atoms with van der Waals surface area (Å²) in [7, 11) is -4.40. The van der Waals surface area contributed by atoms with Crippen LogP contribution in [0.25, 0.3) is 5.70 Å². The Labute approximate surface area is 122 Å². The molecule has 1 rings (SSSR count). The van der Waals surface area contributed by atoms with Crippen molar-refractivity contribution < 1.29 is 18.8 Å². The van der Waals surface area contributed by atoms with Crippen LogP contribution in [0.1, 0.15) is 26.0 Å². The zero-order valence-electron chi connectivity index (χ0n) is 11.6. The van der Waals surface area contributed by atoms with Gasteiger partial charge in [-0.05, 0) is 30.7 Å². The molecule has 0 aliphatic heterocycles. The number of rotatable bonds is 6. The van der Waals surface area contributed by atoms with E-state index in [1.54, 1.807) is 0 Å². The fourth-order valence-electron chi connectivity index (χ4n) is 1.61. The van der Waals surface area contributed by atoms with Crippen LogP contribution < -0.4 is 11.2 Å². The van der Waals surface area contributed by atoms with Gasteiger partial charge >= 0.3 is 7.60 Å². The predicted molar refractivity (Wildman–Crippen MR) is 83.0 cm³/mol. The number of furan rings is 1. The highest BCUT2D eigenvalue weighted by atomic mass is 32.2. The molecular formula is C12H19N2O4PS. The molecular weight excluding hydrogens is 299 g/mol. The van der Waals surface area contributed by atoms with Crippen molar-refractivity contribution in [1.82, 2.24) is 0 Å². The standard InChI is InChI=1S/C12H19N2O4PS/c1-8(2)6-10(20-3)12(14-7-13)9-4-5-11(18-9)19(15,16)17/h4-5,7-8H,6H2,1-3H3,(H2,13,14)(H2,15,16,17)/b12-10-. The van der Waals surface area contributed by atoms with Crippen LogP contribution in [0.4, 0.5) is 0 Å². The average Bonchev–Trinajstić information content (AvgIpc) is 2.82. The van der Waals surface area contributed by atoms with Crippen LogP contribution in [-0.2, 0) is 4.57 Å². The Hall–Kier alpha value is -1.01. The minimum absolute atomic E-state index is 0.301. The van der Waals surface area contributed by atoms with E-state index in [-0.39, 0.29) is 5.50 Å². The molecule has 0 amide bonds. The smallest absolute Gasteiger partial charge is 0.391 e. The van der Waals surface area contributed by atoms with Gasteiger partial charge in [0.05, 0.1) is 6.34 Å². The van der Waals surface area contributed by atoms with E-state index in [2.05, 4.69) is 18.8 Å². The van der Waals surface area contributed by atoms with E-state index < -0.39 is 7.60 Å². The predicted octanol–water partition coefficient (Wildman–Crippen LogP) is 2.15. The Morgan fingerprint density at radius 2 is 2.20 bits per heavy atom. The lowest BCUT2D eigenvalue weighted by atomic mass is 10.1. The van der Waals surface area contributed by atoms with Gasteiger partial charge in [0, 0.05) is 4.91 Å². The number of aliphatic imine (C=N–C) groups is 1. The molecule has 0 saturated heterocycles. The molecule has 1 aromatic heterocycles. The molecule has 0 fully saturated rings. The summed E-state index contributed by atoms with van der Waals surface area (Å²) in [4.78, 5) is 23.2. The van der Waals surface area contributed by atoms with Gasteiger partial charge in [0.25, 0.3) is 0 Å². The summed E-state index contributed by atoms with van der Waals surface area (Å²) in [5.41, 5.74) is 5.49. The highest BCUT2D eigenvalue weighted by molar-refractivity contribution is 8.02. The van der Waals surface area contributed by atoms with Crippen molar-refractivity contribution in [2.45, 2.75) is 20.3 Å². The van der Waals surface area contributed by atoms with Gasteiger partial charge < -0.3 is 19.9 Å². The first-order valence-corrected chi connectivity index (χ1v) is 8.81. The summed E-state index contributed by atoms with van der Waals surface area (Å²) in [6.45, 7) is 4.15. The molecule has 0 aromatic carbocycles. The zero-order valence-corrected chi connectivity index (χ0v) is 13.3. The lowest BCUT2D eigenvalue weighted by Crippen LogP contribution is -1.99. The second-order valence-electron chi connectivity index (χ2n) is 4.53. The van der Waals surface area contributed by atoms with E-state index in [4.69, 9.17) is 19.9 Å². The molecule has 0 spiro atoms. The van der Waals surface area contributed by atoms with Crippen molar-refractivity contribution >= 4 is 36.9 Å². The number of nitrogens with two attached hydrogens (primary N) is 1. The third-order valence-electron chi connectivity index (χ3n) is 2.42. The number of allylic oxidation sites excluding steroid dienone is 1. The third-order valence-corrected chi connectivity index (χ3v) is 4.09. The summed E-state index contributed by atoms with van der Waals surface area (Å²) in [6.07, 6.45) is 3.84. The van der Waals surface area contributed by atoms with Gasteiger partial charge in [-0.25, -0.2) is 4.99 Å². The van der Waals surface area contributed by atoms with E-state index in [1.807, 2.05) is 6.26 Å². The van der Waals surface area contributed by atoms with Crippen LogP contribution in [0.3, 0.4) is 0 Å². The van der Waals surface area contributed by atoms with Crippen molar-refractivity contribution in [3.05, 3.63) is 22.8 Å². The molecule has 0 saturated carbocycles. The van der Waals surface area contributed by atoms with Crippen molar-refractivity contribution in [1.29, 1.82) is 0 Å². The molecule has 1 heterocycles. The molecule has 0 bridgehead atoms. The molecule has 4 N–H and O–H groups in total. The van der Waals surface area contributed by atoms with Gasteiger partial charge in [0.15, 0.2) is 5.76 Å². The van der Waals surface area contributed by atoms with Crippen LogP contribution >= 0.6 is 19.4 Å². The van der Waals surface area contributed by atoms with E-state index in [0.29, 0.717) is 17.4 Å². The lowest BCUT2D eigenvalue weighted by molar-refractivity contribution is 0.376. The summed E-state index contributed by atoms with van der Waals surface area (Å²) < 4.78 is 16.4. The SMILES string of the molecule is CS/C(CC(C)C)=C(\N=CN)c1ccc(P(=O)(O)O)o1. The molecule has 8 heteroatoms. The molecule has 0 aliphatic carbocycles. The van der Waals surface area contributed by atoms with Crippen LogP contribution in [0.2, 0.25) is 0 Å². The Balaban J connectivity index is 3.29. The van der Waals surface area contributed by atoms with Crippen molar-refractivity contribution in [3.63, 3.8) is 0 Å². The maximum absolute atomic E-state index is 11.2. The van der Waals surface area contributed by atoms with E-state index in [9.17, 15) is 4.57 Å². The maximum atomic E-state index is 11.2. The Kier molecular flexibility index (Phi) is 6.07. The number of nitrogens with zero attached hydrogens (tertiary/aromatic N) is 1. The summed E-state index contributed by atoms with van der Waals surface area (Å²) in [5, 5.41) is 0. The quantitative estimate of drug-likeness (QED) is 0.421. The van der Waals surface area contributed by atoms with E-state index >= 15 is 0 Å². The molecule has 0 radical (unpaired) electrons. The zero-order chi connectivity index (χ0) is 15.3. The van der Waals surface area contributed by atoms with Gasteiger partial charge in [-0.1, -0.05) is 13.8 Å². The summed E-state index contributed by atoms with van der Waals surface area (Å²) >= 11 is 1.51. The molecule has 0 atom stereocenters. The number of hydrogen-bond donors (Lipinski definition) is 3. The molecule has 0 aliphatic rings. The Bertz CT molecular complexity index is 560. The third kappa shape index (κ3) is 4.52. The van der Waals surface area contributed by atoms with Gasteiger partial charge in [0.1, 0.15) is 5.70 Å². The second-order valence-corrected chi connectivity index (χ2v) is 6.96. The van der Waals surface area contributed by atoms with Crippen molar-refractivity contribution in [2.24, 2.45) is 16.6 Å². The van der Waals surface area contributed by atoms with E-state index in [1.165, 1.54) is 23.9 Å². The highest BCUT2D eigenvalue weighted by Gasteiger charge is 2.23. The largest absolute Gasteiger partial charge is 0.446 e.